The molecule has 0 amide bonds. The molecule has 0 aliphatic heterocycles. The van der Waals surface area contributed by atoms with E-state index in [2.05, 4.69) is 41.5 Å². The van der Waals surface area contributed by atoms with E-state index in [4.69, 9.17) is 37.0 Å². The molecule has 0 bridgehead atoms. The van der Waals surface area contributed by atoms with E-state index >= 15 is 0 Å². The van der Waals surface area contributed by atoms with Crippen LogP contribution in [0.15, 0.2) is 0 Å². The summed E-state index contributed by atoms with van der Waals surface area (Å²) in [7, 11) is -9.88. The largest absolute Gasteiger partial charge is 0.472 e. The number of phosphoric acid groups is 2. The summed E-state index contributed by atoms with van der Waals surface area (Å²) in [6.07, 6.45) is 42.1. The summed E-state index contributed by atoms with van der Waals surface area (Å²) in [6.45, 7) is 9.44. The fraction of sp³-hybridized carbons (Fsp3) is 0.939. The lowest BCUT2D eigenvalue weighted by molar-refractivity contribution is -0.161. The Labute approximate surface area is 517 Å². The van der Waals surface area contributed by atoms with E-state index < -0.39 is 97.5 Å². The first-order chi connectivity index (χ1) is 40.9. The molecule has 0 aromatic heterocycles. The van der Waals surface area contributed by atoms with E-state index in [0.717, 1.165) is 108 Å². The Morgan fingerprint density at radius 2 is 0.541 bits per heavy atom. The van der Waals surface area contributed by atoms with Gasteiger partial charge < -0.3 is 33.8 Å². The quantitative estimate of drug-likeness (QED) is 0.0222. The van der Waals surface area contributed by atoms with Crippen LogP contribution in [0.4, 0.5) is 0 Å². The predicted molar refractivity (Wildman–Crippen MR) is 340 cm³/mol. The van der Waals surface area contributed by atoms with Gasteiger partial charge in [-0.3, -0.25) is 37.3 Å². The highest BCUT2D eigenvalue weighted by molar-refractivity contribution is 7.47. The van der Waals surface area contributed by atoms with Gasteiger partial charge in [0.2, 0.25) is 0 Å². The average Bonchev–Trinajstić information content (AvgIpc) is 3.61. The molecule has 17 nitrogen and oxygen atoms in total. The topological polar surface area (TPSA) is 237 Å². The smallest absolute Gasteiger partial charge is 0.462 e. The van der Waals surface area contributed by atoms with Gasteiger partial charge in [0.25, 0.3) is 0 Å². The minimum absolute atomic E-state index is 0.105. The molecule has 0 saturated carbocycles. The van der Waals surface area contributed by atoms with E-state index in [0.29, 0.717) is 25.7 Å². The number of phosphoric ester groups is 2. The second kappa shape index (κ2) is 58.4. The highest BCUT2D eigenvalue weighted by Crippen LogP contribution is 2.45. The van der Waals surface area contributed by atoms with Gasteiger partial charge in [-0.05, 0) is 37.5 Å². The van der Waals surface area contributed by atoms with Crippen LogP contribution in [0, 0.1) is 11.8 Å². The normalized spacial score (nSPS) is 14.2. The Morgan fingerprint density at radius 3 is 0.800 bits per heavy atom. The second-order valence-corrected chi connectivity index (χ2v) is 27.7. The lowest BCUT2D eigenvalue weighted by Crippen LogP contribution is -2.30. The van der Waals surface area contributed by atoms with Crippen molar-refractivity contribution in [2.45, 2.75) is 349 Å². The van der Waals surface area contributed by atoms with Crippen molar-refractivity contribution in [3.05, 3.63) is 0 Å². The molecule has 85 heavy (non-hydrogen) atoms. The molecule has 0 fully saturated rings. The standard InChI is InChI=1S/C66H128O17P2/c1-7-9-11-13-14-24-32-38-44-50-65(70)82-61(54-76-63(68)48-42-34-12-10-8-2)56-80-84(72,73)78-52-60(67)53-79-85(74,75)81-57-62(55-77-64(69)49-43-37-31-27-23-19-21-26-30-36-41-47-59(5)6)83-66(71)51-45-39-33-28-22-18-16-15-17-20-25-29-35-40-46-58(3)4/h58-62,67H,7-57H2,1-6H3,(H,72,73)(H,74,75)/t60-,61+,62+/m0/s1. The molecular formula is C66H128O17P2. The fourth-order valence-corrected chi connectivity index (χ4v) is 11.5. The molecule has 0 rings (SSSR count). The van der Waals surface area contributed by atoms with Gasteiger partial charge in [0.15, 0.2) is 12.2 Å². The van der Waals surface area contributed by atoms with E-state index in [1.165, 1.54) is 141 Å². The minimum atomic E-state index is -4.95. The van der Waals surface area contributed by atoms with Crippen LogP contribution in [0.3, 0.4) is 0 Å². The summed E-state index contributed by atoms with van der Waals surface area (Å²) in [4.78, 5) is 72.0. The van der Waals surface area contributed by atoms with Crippen LogP contribution in [-0.4, -0.2) is 96.7 Å². The first-order valence-corrected chi connectivity index (χ1v) is 37.5. The monoisotopic (exact) mass is 1250 g/mol. The molecule has 0 aliphatic rings. The number of carbonyl (C=O) groups is 4. The van der Waals surface area contributed by atoms with Crippen LogP contribution < -0.4 is 0 Å². The minimum Gasteiger partial charge on any atom is -0.462 e. The van der Waals surface area contributed by atoms with Gasteiger partial charge in [-0.15, -0.1) is 0 Å². The number of hydrogen-bond acceptors (Lipinski definition) is 15. The highest BCUT2D eigenvalue weighted by Gasteiger charge is 2.30. The average molecular weight is 1260 g/mol. The van der Waals surface area contributed by atoms with Crippen molar-refractivity contribution in [1.29, 1.82) is 0 Å². The molecule has 19 heteroatoms. The molecule has 0 saturated heterocycles. The number of aliphatic hydroxyl groups is 1. The zero-order chi connectivity index (χ0) is 62.9. The lowest BCUT2D eigenvalue weighted by Gasteiger charge is -2.21. The maximum absolute atomic E-state index is 13.0. The van der Waals surface area contributed by atoms with E-state index in [1.54, 1.807) is 0 Å². The summed E-state index contributed by atoms with van der Waals surface area (Å²) >= 11 is 0. The van der Waals surface area contributed by atoms with Crippen molar-refractivity contribution in [2.75, 3.05) is 39.6 Å². The van der Waals surface area contributed by atoms with Gasteiger partial charge in [-0.1, -0.05) is 279 Å². The van der Waals surface area contributed by atoms with Gasteiger partial charge in [-0.2, -0.15) is 0 Å². The molecule has 0 heterocycles. The third-order valence-corrected chi connectivity index (χ3v) is 17.1. The Bertz CT molecular complexity index is 1670. The van der Waals surface area contributed by atoms with E-state index in [1.807, 2.05) is 0 Å². The fourth-order valence-electron chi connectivity index (χ4n) is 9.88. The van der Waals surface area contributed by atoms with Crippen LogP contribution in [-0.2, 0) is 65.4 Å². The number of hydrogen-bond donors (Lipinski definition) is 3. The van der Waals surface area contributed by atoms with Crippen molar-refractivity contribution in [2.24, 2.45) is 11.8 Å². The van der Waals surface area contributed by atoms with Gasteiger partial charge in [0, 0.05) is 25.7 Å². The van der Waals surface area contributed by atoms with Gasteiger partial charge in [-0.25, -0.2) is 9.13 Å². The number of aliphatic hydroxyl groups excluding tert-OH is 1. The van der Waals surface area contributed by atoms with Crippen molar-refractivity contribution in [3.63, 3.8) is 0 Å². The Hall–Kier alpha value is -1.94. The predicted octanol–water partition coefficient (Wildman–Crippen LogP) is 18.4. The zero-order valence-electron chi connectivity index (χ0n) is 54.9. The molecule has 0 aromatic carbocycles. The number of unbranched alkanes of at least 4 members (excludes halogenated alkanes) is 35. The Morgan fingerprint density at radius 1 is 0.318 bits per heavy atom. The number of rotatable bonds is 65. The van der Waals surface area contributed by atoms with Gasteiger partial charge in [0.05, 0.1) is 26.4 Å². The first-order valence-electron chi connectivity index (χ1n) is 34.5. The number of carbonyl (C=O) groups excluding carboxylic acids is 4. The number of esters is 4. The van der Waals surface area contributed by atoms with Gasteiger partial charge in [0.1, 0.15) is 19.3 Å². The molecule has 2 unspecified atom stereocenters. The molecule has 0 aliphatic carbocycles. The summed E-state index contributed by atoms with van der Waals surface area (Å²) in [5, 5.41) is 10.5. The molecule has 0 radical (unpaired) electrons. The van der Waals surface area contributed by atoms with Crippen molar-refractivity contribution < 1.29 is 80.2 Å². The molecular weight excluding hydrogens is 1130 g/mol. The van der Waals surface area contributed by atoms with Crippen LogP contribution in [0.25, 0.3) is 0 Å². The third-order valence-electron chi connectivity index (χ3n) is 15.2. The maximum atomic E-state index is 13.0. The van der Waals surface area contributed by atoms with Crippen molar-refractivity contribution in [3.8, 4) is 0 Å². The van der Waals surface area contributed by atoms with Crippen LogP contribution in [0.1, 0.15) is 330 Å². The Kier molecular flexibility index (Phi) is 57.1. The van der Waals surface area contributed by atoms with Crippen LogP contribution in [0.2, 0.25) is 0 Å². The third kappa shape index (κ3) is 60.7. The van der Waals surface area contributed by atoms with Crippen molar-refractivity contribution in [1.82, 2.24) is 0 Å². The van der Waals surface area contributed by atoms with Crippen molar-refractivity contribution >= 4 is 39.5 Å². The molecule has 3 N–H and O–H groups in total. The zero-order valence-corrected chi connectivity index (χ0v) is 56.7. The molecule has 0 spiro atoms. The molecule has 5 atom stereocenters. The summed E-state index contributed by atoms with van der Waals surface area (Å²) < 4.78 is 67.9. The van der Waals surface area contributed by atoms with Gasteiger partial charge >= 0.3 is 39.5 Å². The highest BCUT2D eigenvalue weighted by atomic mass is 31.2. The summed E-state index contributed by atoms with van der Waals surface area (Å²) in [5.74, 6) is -0.576. The number of ether oxygens (including phenoxy) is 4. The first kappa shape index (κ1) is 83.1. The lowest BCUT2D eigenvalue weighted by atomic mass is 10.0. The van der Waals surface area contributed by atoms with Crippen LogP contribution >= 0.6 is 15.6 Å². The summed E-state index contributed by atoms with van der Waals surface area (Å²) in [6, 6.07) is 0. The SMILES string of the molecule is CCCCCCCCCCCC(=O)O[C@H](COC(=O)CCCCCCC)COP(=O)(O)OC[C@H](O)COP(=O)(O)OC[C@@H](COC(=O)CCCCCCCCCCCCCC(C)C)OC(=O)CCCCCCCCCCCCCCCCC(C)C. The van der Waals surface area contributed by atoms with E-state index in [-0.39, 0.29) is 25.7 Å². The molecule has 0 aromatic rings. The second-order valence-electron chi connectivity index (χ2n) is 24.8. The maximum Gasteiger partial charge on any atom is 0.472 e. The summed E-state index contributed by atoms with van der Waals surface area (Å²) in [5.41, 5.74) is 0. The molecule has 504 valence electrons. The van der Waals surface area contributed by atoms with Crippen LogP contribution in [0.5, 0.6) is 0 Å². The Balaban J connectivity index is 5.16. The van der Waals surface area contributed by atoms with E-state index in [9.17, 15) is 43.2 Å².